The Labute approximate surface area is 113 Å². The molecule has 0 aliphatic heterocycles. The van der Waals surface area contributed by atoms with Gasteiger partial charge in [0.2, 0.25) is 11.0 Å². The molecular formula is C13H23N3OS. The summed E-state index contributed by atoms with van der Waals surface area (Å²) < 4.78 is 0. The van der Waals surface area contributed by atoms with Gasteiger partial charge >= 0.3 is 0 Å². The van der Waals surface area contributed by atoms with Crippen LogP contribution >= 0.6 is 11.3 Å². The van der Waals surface area contributed by atoms with Crippen LogP contribution in [0.5, 0.6) is 0 Å². The Balaban J connectivity index is 2.41. The number of carbonyl (C=O) groups excluding carboxylic acids is 1. The van der Waals surface area contributed by atoms with Gasteiger partial charge in [-0.1, -0.05) is 51.9 Å². The molecule has 0 saturated heterocycles. The summed E-state index contributed by atoms with van der Waals surface area (Å²) >= 11 is 1.48. The molecule has 0 radical (unpaired) electrons. The number of nitrogens with one attached hydrogen (secondary N) is 1. The smallest absolute Gasteiger partial charge is 0.226 e. The molecule has 102 valence electrons. The lowest BCUT2D eigenvalue weighted by atomic mass is 9.92. The largest absolute Gasteiger partial charge is 0.301 e. The summed E-state index contributed by atoms with van der Waals surface area (Å²) in [5, 5.41) is 12.5. The van der Waals surface area contributed by atoms with Gasteiger partial charge in [-0.3, -0.25) is 4.79 Å². The zero-order valence-corrected chi connectivity index (χ0v) is 12.6. The van der Waals surface area contributed by atoms with Gasteiger partial charge in [-0.15, -0.1) is 10.2 Å². The lowest BCUT2D eigenvalue weighted by Crippen LogP contribution is -2.19. The first-order valence-electron chi connectivity index (χ1n) is 6.53. The Hall–Kier alpha value is -0.970. The zero-order chi connectivity index (χ0) is 13.6. The third-order valence-corrected chi connectivity index (χ3v) is 3.30. The van der Waals surface area contributed by atoms with Crippen LogP contribution in [0.4, 0.5) is 5.13 Å². The summed E-state index contributed by atoms with van der Waals surface area (Å²) in [6.07, 6.45) is 5.01. The van der Waals surface area contributed by atoms with Crippen LogP contribution in [0.3, 0.4) is 0 Å². The number of amides is 1. The predicted octanol–water partition coefficient (Wildman–Crippen LogP) is 3.65. The molecule has 0 saturated carbocycles. The standard InChI is InChI=1S/C13H23N3OS/c1-5-6-7-8-11-15-16-12(18-11)14-10(17)9-13(2,3)4/h5-9H2,1-4H3,(H,14,16,17). The highest BCUT2D eigenvalue weighted by Gasteiger charge is 2.17. The lowest BCUT2D eigenvalue weighted by Gasteiger charge is -2.16. The van der Waals surface area contributed by atoms with E-state index in [2.05, 4.69) is 22.4 Å². The van der Waals surface area contributed by atoms with Crippen molar-refractivity contribution in [3.8, 4) is 0 Å². The van der Waals surface area contributed by atoms with E-state index in [-0.39, 0.29) is 11.3 Å². The van der Waals surface area contributed by atoms with Crippen LogP contribution in [0.25, 0.3) is 0 Å². The second-order valence-electron chi connectivity index (χ2n) is 5.74. The maximum absolute atomic E-state index is 11.7. The van der Waals surface area contributed by atoms with Crippen molar-refractivity contribution in [2.75, 3.05) is 5.32 Å². The maximum Gasteiger partial charge on any atom is 0.226 e. The molecule has 0 unspecified atom stereocenters. The third-order valence-electron chi connectivity index (χ3n) is 2.40. The summed E-state index contributed by atoms with van der Waals surface area (Å²) in [5.41, 5.74) is -0.00126. The van der Waals surface area contributed by atoms with Gasteiger partial charge in [0.25, 0.3) is 0 Å². The maximum atomic E-state index is 11.7. The van der Waals surface area contributed by atoms with E-state index in [0.717, 1.165) is 17.8 Å². The van der Waals surface area contributed by atoms with Gasteiger partial charge in [-0.2, -0.15) is 0 Å². The normalized spacial score (nSPS) is 11.6. The highest BCUT2D eigenvalue weighted by Crippen LogP contribution is 2.21. The number of unbranched alkanes of at least 4 members (excludes halogenated alkanes) is 2. The summed E-state index contributed by atoms with van der Waals surface area (Å²) in [5.74, 6) is 0.0127. The van der Waals surface area contributed by atoms with E-state index in [0.29, 0.717) is 11.6 Å². The van der Waals surface area contributed by atoms with Crippen LogP contribution in [-0.4, -0.2) is 16.1 Å². The lowest BCUT2D eigenvalue weighted by molar-refractivity contribution is -0.117. The van der Waals surface area contributed by atoms with Crippen molar-refractivity contribution in [2.45, 2.75) is 59.8 Å². The van der Waals surface area contributed by atoms with Crippen molar-refractivity contribution in [1.82, 2.24) is 10.2 Å². The van der Waals surface area contributed by atoms with E-state index in [1.807, 2.05) is 20.8 Å². The van der Waals surface area contributed by atoms with Gasteiger partial charge < -0.3 is 5.32 Å². The van der Waals surface area contributed by atoms with Gasteiger partial charge in [0.15, 0.2) is 0 Å². The summed E-state index contributed by atoms with van der Waals surface area (Å²) in [6, 6.07) is 0. The Bertz CT molecular complexity index is 382. The Morgan fingerprint density at radius 2 is 2.00 bits per heavy atom. The minimum Gasteiger partial charge on any atom is -0.301 e. The first-order chi connectivity index (χ1) is 8.40. The minimum atomic E-state index is -0.00126. The van der Waals surface area contributed by atoms with Crippen molar-refractivity contribution < 1.29 is 4.79 Å². The van der Waals surface area contributed by atoms with Crippen molar-refractivity contribution in [2.24, 2.45) is 5.41 Å². The van der Waals surface area contributed by atoms with E-state index < -0.39 is 0 Å². The number of aromatic nitrogens is 2. The van der Waals surface area contributed by atoms with Crippen LogP contribution < -0.4 is 5.32 Å². The van der Waals surface area contributed by atoms with Gasteiger partial charge in [-0.05, 0) is 11.8 Å². The van der Waals surface area contributed by atoms with E-state index >= 15 is 0 Å². The average Bonchev–Trinajstić information content (AvgIpc) is 2.63. The van der Waals surface area contributed by atoms with Crippen LogP contribution in [0, 0.1) is 5.41 Å². The van der Waals surface area contributed by atoms with Gasteiger partial charge in [0.1, 0.15) is 5.01 Å². The van der Waals surface area contributed by atoms with Crippen LogP contribution in [-0.2, 0) is 11.2 Å². The van der Waals surface area contributed by atoms with Gasteiger partial charge in [0.05, 0.1) is 0 Å². The first kappa shape index (κ1) is 15.1. The third kappa shape index (κ3) is 6.10. The molecule has 0 aliphatic rings. The molecule has 5 heteroatoms. The highest BCUT2D eigenvalue weighted by molar-refractivity contribution is 7.15. The topological polar surface area (TPSA) is 54.9 Å². The van der Waals surface area contributed by atoms with E-state index in [1.165, 1.54) is 24.2 Å². The number of rotatable bonds is 6. The van der Waals surface area contributed by atoms with Crippen LogP contribution in [0.15, 0.2) is 0 Å². The van der Waals surface area contributed by atoms with Crippen molar-refractivity contribution in [1.29, 1.82) is 0 Å². The second-order valence-corrected chi connectivity index (χ2v) is 6.81. The van der Waals surface area contributed by atoms with Crippen LogP contribution in [0.2, 0.25) is 0 Å². The fourth-order valence-electron chi connectivity index (χ4n) is 1.58. The summed E-state index contributed by atoms with van der Waals surface area (Å²) in [7, 11) is 0. The monoisotopic (exact) mass is 269 g/mol. The molecule has 4 nitrogen and oxygen atoms in total. The average molecular weight is 269 g/mol. The number of anilines is 1. The molecular weight excluding hydrogens is 246 g/mol. The summed E-state index contributed by atoms with van der Waals surface area (Å²) in [6.45, 7) is 8.31. The molecule has 0 aromatic carbocycles. The Kier molecular flexibility index (Phi) is 5.72. The van der Waals surface area contributed by atoms with Gasteiger partial charge in [0, 0.05) is 12.8 Å². The van der Waals surface area contributed by atoms with Crippen LogP contribution in [0.1, 0.15) is 58.4 Å². The fraction of sp³-hybridized carbons (Fsp3) is 0.769. The molecule has 1 aromatic heterocycles. The summed E-state index contributed by atoms with van der Waals surface area (Å²) in [4.78, 5) is 11.7. The van der Waals surface area contributed by atoms with E-state index in [1.54, 1.807) is 0 Å². The number of hydrogen-bond acceptors (Lipinski definition) is 4. The second kappa shape index (κ2) is 6.83. The quantitative estimate of drug-likeness (QED) is 0.802. The molecule has 0 fully saturated rings. The van der Waals surface area contributed by atoms with E-state index in [4.69, 9.17) is 0 Å². The Morgan fingerprint density at radius 1 is 1.28 bits per heavy atom. The van der Waals surface area contributed by atoms with Crippen molar-refractivity contribution >= 4 is 22.4 Å². The number of nitrogens with zero attached hydrogens (tertiary/aromatic N) is 2. The molecule has 1 heterocycles. The minimum absolute atomic E-state index is 0.00126. The molecule has 18 heavy (non-hydrogen) atoms. The number of carbonyl (C=O) groups is 1. The fourth-order valence-corrected chi connectivity index (χ4v) is 2.37. The molecule has 0 spiro atoms. The Morgan fingerprint density at radius 3 is 2.61 bits per heavy atom. The zero-order valence-electron chi connectivity index (χ0n) is 11.7. The molecule has 0 bridgehead atoms. The predicted molar refractivity (Wildman–Crippen MR) is 75.8 cm³/mol. The molecule has 0 aliphatic carbocycles. The molecule has 1 aromatic rings. The molecule has 0 atom stereocenters. The first-order valence-corrected chi connectivity index (χ1v) is 7.34. The van der Waals surface area contributed by atoms with E-state index in [9.17, 15) is 4.79 Å². The van der Waals surface area contributed by atoms with Gasteiger partial charge in [-0.25, -0.2) is 0 Å². The molecule has 1 N–H and O–H groups in total. The number of hydrogen-bond donors (Lipinski definition) is 1. The molecule has 1 amide bonds. The SMILES string of the molecule is CCCCCc1nnc(NC(=O)CC(C)(C)C)s1. The number of aryl methyl sites for hydroxylation is 1. The van der Waals surface area contributed by atoms with Crippen molar-refractivity contribution in [3.05, 3.63) is 5.01 Å². The molecule has 1 rings (SSSR count). The van der Waals surface area contributed by atoms with Crippen molar-refractivity contribution in [3.63, 3.8) is 0 Å². The highest BCUT2D eigenvalue weighted by atomic mass is 32.1.